The predicted octanol–water partition coefficient (Wildman–Crippen LogP) is 2.24. The van der Waals surface area contributed by atoms with E-state index in [4.69, 9.17) is 13.7 Å². The minimum absolute atomic E-state index is 0.00298. The van der Waals surface area contributed by atoms with Crippen molar-refractivity contribution in [1.29, 1.82) is 0 Å². The summed E-state index contributed by atoms with van der Waals surface area (Å²) in [6, 6.07) is 6.56. The van der Waals surface area contributed by atoms with Gasteiger partial charge in [-0.2, -0.15) is 8.42 Å². The second-order valence-corrected chi connectivity index (χ2v) is 6.94. The van der Waals surface area contributed by atoms with Gasteiger partial charge < -0.3 is 9.47 Å². The average molecular weight is 300 g/mol. The molecule has 1 atom stereocenters. The van der Waals surface area contributed by atoms with Crippen LogP contribution in [0.1, 0.15) is 25.8 Å². The van der Waals surface area contributed by atoms with Crippen LogP contribution in [-0.4, -0.2) is 33.5 Å². The van der Waals surface area contributed by atoms with Crippen LogP contribution >= 0.6 is 0 Å². The van der Waals surface area contributed by atoms with Crippen molar-refractivity contribution in [2.45, 2.75) is 44.0 Å². The van der Waals surface area contributed by atoms with Crippen molar-refractivity contribution < 1.29 is 22.1 Å². The summed E-state index contributed by atoms with van der Waals surface area (Å²) in [5.74, 6) is -0.695. The molecule has 1 saturated heterocycles. The van der Waals surface area contributed by atoms with E-state index in [-0.39, 0.29) is 17.6 Å². The summed E-state index contributed by atoms with van der Waals surface area (Å²) in [5, 5.41) is 0. The van der Waals surface area contributed by atoms with Gasteiger partial charge in [-0.25, -0.2) is 0 Å². The molecule has 1 aliphatic rings. The molecule has 0 radical (unpaired) electrons. The lowest BCUT2D eigenvalue weighted by atomic mass is 10.2. The van der Waals surface area contributed by atoms with Crippen LogP contribution in [0.15, 0.2) is 29.2 Å². The first-order valence-corrected chi connectivity index (χ1v) is 7.97. The number of benzene rings is 1. The van der Waals surface area contributed by atoms with Crippen LogP contribution in [0.4, 0.5) is 0 Å². The molecule has 1 heterocycles. The molecule has 0 spiro atoms. The third-order valence-corrected chi connectivity index (χ3v) is 4.35. The first-order chi connectivity index (χ1) is 9.28. The van der Waals surface area contributed by atoms with Crippen LogP contribution in [0.25, 0.3) is 0 Å². The number of aryl methyl sites for hydroxylation is 1. The summed E-state index contributed by atoms with van der Waals surface area (Å²) < 4.78 is 40.2. The third kappa shape index (κ3) is 4.02. The van der Waals surface area contributed by atoms with Crippen molar-refractivity contribution in [3.8, 4) is 0 Å². The summed E-state index contributed by atoms with van der Waals surface area (Å²) in [5.41, 5.74) is 0.999. The maximum absolute atomic E-state index is 12.0. The average Bonchev–Trinajstić information content (AvgIpc) is 2.36. The quantitative estimate of drug-likeness (QED) is 0.798. The molecule has 1 unspecified atom stereocenters. The minimum atomic E-state index is -3.73. The van der Waals surface area contributed by atoms with Crippen LogP contribution in [0.5, 0.6) is 0 Å². The number of hydrogen-bond acceptors (Lipinski definition) is 5. The van der Waals surface area contributed by atoms with Gasteiger partial charge in [0.25, 0.3) is 10.1 Å². The third-order valence-electron chi connectivity index (χ3n) is 3.06. The topological polar surface area (TPSA) is 61.8 Å². The molecular weight excluding hydrogens is 280 g/mol. The molecule has 5 nitrogen and oxygen atoms in total. The summed E-state index contributed by atoms with van der Waals surface area (Å²) >= 11 is 0. The van der Waals surface area contributed by atoms with E-state index in [0.29, 0.717) is 13.0 Å². The molecule has 1 fully saturated rings. The van der Waals surface area contributed by atoms with Gasteiger partial charge in [-0.05, 0) is 39.3 Å². The highest BCUT2D eigenvalue weighted by atomic mass is 32.2. The van der Waals surface area contributed by atoms with Crippen LogP contribution in [0.3, 0.4) is 0 Å². The van der Waals surface area contributed by atoms with Gasteiger partial charge >= 0.3 is 0 Å². The molecule has 0 amide bonds. The van der Waals surface area contributed by atoms with Gasteiger partial charge in [0.1, 0.15) is 0 Å². The zero-order chi connectivity index (χ0) is 14.8. The SMILES string of the molecule is Cc1ccc(S(=O)(=O)OCC2CCOC(C)(C)O2)cc1. The summed E-state index contributed by atoms with van der Waals surface area (Å²) in [7, 11) is -3.73. The van der Waals surface area contributed by atoms with Gasteiger partial charge in [0.05, 0.1) is 24.2 Å². The normalized spacial score (nSPS) is 22.6. The van der Waals surface area contributed by atoms with E-state index in [0.717, 1.165) is 5.56 Å². The standard InChI is InChI=1S/C14H20O5S/c1-11-4-6-13(7-5-11)20(15,16)18-10-12-8-9-17-14(2,3)19-12/h4-7,12H,8-10H2,1-3H3. The molecule has 6 heteroatoms. The van der Waals surface area contributed by atoms with Crippen LogP contribution in [-0.2, 0) is 23.8 Å². The van der Waals surface area contributed by atoms with Crippen LogP contribution in [0, 0.1) is 6.92 Å². The van der Waals surface area contributed by atoms with Gasteiger partial charge in [-0.3, -0.25) is 4.18 Å². The molecule has 0 aromatic heterocycles. The second-order valence-electron chi connectivity index (χ2n) is 5.33. The van der Waals surface area contributed by atoms with Crippen molar-refractivity contribution in [1.82, 2.24) is 0 Å². The predicted molar refractivity (Wildman–Crippen MR) is 73.8 cm³/mol. The van der Waals surface area contributed by atoms with Gasteiger partial charge in [0.2, 0.25) is 0 Å². The van der Waals surface area contributed by atoms with Gasteiger partial charge in [0, 0.05) is 0 Å². The highest BCUT2D eigenvalue weighted by molar-refractivity contribution is 7.86. The van der Waals surface area contributed by atoms with Gasteiger partial charge in [-0.15, -0.1) is 0 Å². The molecule has 0 bridgehead atoms. The minimum Gasteiger partial charge on any atom is -0.350 e. The van der Waals surface area contributed by atoms with Crippen molar-refractivity contribution in [2.75, 3.05) is 13.2 Å². The fraction of sp³-hybridized carbons (Fsp3) is 0.571. The van der Waals surface area contributed by atoms with Crippen molar-refractivity contribution >= 4 is 10.1 Å². The molecule has 0 N–H and O–H groups in total. The van der Waals surface area contributed by atoms with Crippen molar-refractivity contribution in [3.05, 3.63) is 29.8 Å². The van der Waals surface area contributed by atoms with E-state index >= 15 is 0 Å². The maximum atomic E-state index is 12.0. The number of rotatable bonds is 4. The maximum Gasteiger partial charge on any atom is 0.297 e. The zero-order valence-corrected chi connectivity index (χ0v) is 12.8. The largest absolute Gasteiger partial charge is 0.350 e. The first-order valence-electron chi connectivity index (χ1n) is 6.56. The second kappa shape index (κ2) is 5.81. The van der Waals surface area contributed by atoms with E-state index in [9.17, 15) is 8.42 Å². The van der Waals surface area contributed by atoms with E-state index in [1.807, 2.05) is 6.92 Å². The number of ether oxygens (including phenoxy) is 2. The molecule has 1 aromatic rings. The Labute approximate surface area is 120 Å². The van der Waals surface area contributed by atoms with Crippen LogP contribution < -0.4 is 0 Å². The Bertz CT molecular complexity index is 547. The summed E-state index contributed by atoms with van der Waals surface area (Å²) in [6.45, 7) is 6.03. The van der Waals surface area contributed by atoms with Gasteiger partial charge in [-0.1, -0.05) is 17.7 Å². The molecule has 0 saturated carbocycles. The molecular formula is C14H20O5S. The lowest BCUT2D eigenvalue weighted by Crippen LogP contribution is -2.41. The Hall–Kier alpha value is -0.950. The smallest absolute Gasteiger partial charge is 0.297 e. The fourth-order valence-corrected chi connectivity index (χ4v) is 2.92. The van der Waals surface area contributed by atoms with Crippen molar-refractivity contribution in [2.24, 2.45) is 0 Å². The molecule has 112 valence electrons. The zero-order valence-electron chi connectivity index (χ0n) is 12.0. The lowest BCUT2D eigenvalue weighted by Gasteiger charge is -2.35. The highest BCUT2D eigenvalue weighted by Crippen LogP contribution is 2.23. The van der Waals surface area contributed by atoms with E-state index < -0.39 is 15.9 Å². The molecule has 2 rings (SSSR count). The first kappa shape index (κ1) is 15.4. The monoisotopic (exact) mass is 300 g/mol. The Morgan fingerprint density at radius 3 is 2.55 bits per heavy atom. The number of hydrogen-bond donors (Lipinski definition) is 0. The molecule has 0 aliphatic carbocycles. The molecule has 20 heavy (non-hydrogen) atoms. The van der Waals surface area contributed by atoms with E-state index in [2.05, 4.69) is 0 Å². The molecule has 1 aromatic carbocycles. The molecule has 1 aliphatic heterocycles. The Balaban J connectivity index is 1.97. The highest BCUT2D eigenvalue weighted by Gasteiger charge is 2.30. The summed E-state index contributed by atoms with van der Waals surface area (Å²) in [4.78, 5) is 0.161. The van der Waals surface area contributed by atoms with Gasteiger partial charge in [0.15, 0.2) is 5.79 Å². The Kier molecular flexibility index (Phi) is 4.49. The van der Waals surface area contributed by atoms with E-state index in [1.54, 1.807) is 38.1 Å². The summed E-state index contributed by atoms with van der Waals surface area (Å²) in [6.07, 6.45) is 0.339. The lowest BCUT2D eigenvalue weighted by molar-refractivity contribution is -0.276. The fourth-order valence-electron chi connectivity index (χ4n) is 1.99. The van der Waals surface area contributed by atoms with E-state index in [1.165, 1.54) is 0 Å². The van der Waals surface area contributed by atoms with Crippen molar-refractivity contribution in [3.63, 3.8) is 0 Å². The Morgan fingerprint density at radius 1 is 1.30 bits per heavy atom. The van der Waals surface area contributed by atoms with Crippen LogP contribution in [0.2, 0.25) is 0 Å². The Morgan fingerprint density at radius 2 is 1.95 bits per heavy atom.